The first-order chi connectivity index (χ1) is 22.3. The van der Waals surface area contributed by atoms with E-state index in [1.54, 1.807) is 0 Å². The number of para-hydroxylation sites is 2. The summed E-state index contributed by atoms with van der Waals surface area (Å²) in [5.74, 6) is 1.64. The van der Waals surface area contributed by atoms with E-state index in [2.05, 4.69) is 71.3 Å². The van der Waals surface area contributed by atoms with E-state index in [9.17, 15) is 5.26 Å². The van der Waals surface area contributed by atoms with Crippen molar-refractivity contribution in [2.45, 2.75) is 0 Å². The van der Waals surface area contributed by atoms with Crippen LogP contribution in [0.4, 0.5) is 0 Å². The van der Waals surface area contributed by atoms with Crippen molar-refractivity contribution in [1.29, 1.82) is 5.26 Å². The maximum absolute atomic E-state index is 10.4. The van der Waals surface area contributed by atoms with Gasteiger partial charge >= 0.3 is 0 Å². The molecule has 8 aromatic rings. The highest BCUT2D eigenvalue weighted by Crippen LogP contribution is 2.41. The van der Waals surface area contributed by atoms with Crippen LogP contribution in [-0.2, 0) is 0 Å². The van der Waals surface area contributed by atoms with Crippen LogP contribution in [0.3, 0.4) is 0 Å². The molecule has 2 aromatic heterocycles. The minimum absolute atomic E-state index is 0.501. The van der Waals surface area contributed by atoms with Gasteiger partial charge in [0.05, 0.1) is 28.4 Å². The van der Waals surface area contributed by atoms with Crippen molar-refractivity contribution in [3.63, 3.8) is 0 Å². The zero-order valence-electron chi connectivity index (χ0n) is 24.2. The molecule has 5 nitrogen and oxygen atoms in total. The zero-order valence-corrected chi connectivity index (χ0v) is 24.2. The highest BCUT2D eigenvalue weighted by molar-refractivity contribution is 6.10. The van der Waals surface area contributed by atoms with Crippen molar-refractivity contribution >= 4 is 21.8 Å². The normalized spacial score (nSPS) is 11.1. The lowest BCUT2D eigenvalue weighted by atomic mass is 9.94. The molecule has 210 valence electrons. The van der Waals surface area contributed by atoms with Crippen LogP contribution in [0.25, 0.3) is 72.8 Å². The van der Waals surface area contributed by atoms with Gasteiger partial charge in [0.25, 0.3) is 0 Å². The molecule has 0 N–H and O–H groups in total. The Bertz CT molecular complexity index is 2260. The van der Waals surface area contributed by atoms with Crippen LogP contribution < -0.4 is 0 Å². The highest BCUT2D eigenvalue weighted by atomic mass is 15.0. The van der Waals surface area contributed by atoms with Gasteiger partial charge in [-0.05, 0) is 29.8 Å². The highest BCUT2D eigenvalue weighted by Gasteiger charge is 2.23. The van der Waals surface area contributed by atoms with Crippen molar-refractivity contribution < 1.29 is 0 Å². The summed E-state index contributed by atoms with van der Waals surface area (Å²) in [6.07, 6.45) is 0. The number of hydrogen-bond donors (Lipinski definition) is 0. The quantitative estimate of drug-likeness (QED) is 0.205. The first-order valence-electron chi connectivity index (χ1n) is 14.8. The van der Waals surface area contributed by atoms with Gasteiger partial charge in [-0.3, -0.25) is 0 Å². The second-order valence-corrected chi connectivity index (χ2v) is 10.8. The summed E-state index contributed by atoms with van der Waals surface area (Å²) in [6.45, 7) is 0. The van der Waals surface area contributed by atoms with Gasteiger partial charge in [-0.2, -0.15) is 5.26 Å². The van der Waals surface area contributed by atoms with E-state index in [-0.39, 0.29) is 0 Å². The molecule has 0 bridgehead atoms. The Morgan fingerprint density at radius 2 is 0.911 bits per heavy atom. The third-order valence-corrected chi connectivity index (χ3v) is 8.07. The van der Waals surface area contributed by atoms with Crippen molar-refractivity contribution in [2.75, 3.05) is 0 Å². The van der Waals surface area contributed by atoms with E-state index in [4.69, 9.17) is 15.0 Å². The molecule has 45 heavy (non-hydrogen) atoms. The van der Waals surface area contributed by atoms with Gasteiger partial charge in [0.15, 0.2) is 17.5 Å². The van der Waals surface area contributed by atoms with Gasteiger partial charge in [-0.15, -0.1) is 0 Å². The van der Waals surface area contributed by atoms with Crippen molar-refractivity contribution in [3.05, 3.63) is 157 Å². The Balaban J connectivity index is 1.50. The summed E-state index contributed by atoms with van der Waals surface area (Å²) in [5, 5.41) is 12.7. The molecule has 0 saturated heterocycles. The maximum Gasteiger partial charge on any atom is 0.164 e. The lowest BCUT2D eigenvalue weighted by Crippen LogP contribution is -2.04. The molecule has 8 rings (SSSR count). The fourth-order valence-electron chi connectivity index (χ4n) is 6.06. The Morgan fingerprint density at radius 3 is 1.42 bits per heavy atom. The Kier molecular flexibility index (Phi) is 6.44. The summed E-state index contributed by atoms with van der Waals surface area (Å²) < 4.78 is 2.26. The third kappa shape index (κ3) is 4.62. The van der Waals surface area contributed by atoms with Gasteiger partial charge in [-0.1, -0.05) is 127 Å². The van der Waals surface area contributed by atoms with Gasteiger partial charge < -0.3 is 4.57 Å². The lowest BCUT2D eigenvalue weighted by molar-refractivity contribution is 1.07. The third-order valence-electron chi connectivity index (χ3n) is 8.07. The predicted octanol–water partition coefficient (Wildman–Crippen LogP) is 9.51. The molecule has 2 heterocycles. The number of rotatable bonds is 5. The number of nitriles is 1. The predicted molar refractivity (Wildman–Crippen MR) is 181 cm³/mol. The summed E-state index contributed by atoms with van der Waals surface area (Å²) >= 11 is 0. The van der Waals surface area contributed by atoms with E-state index < -0.39 is 0 Å². The Hall–Kier alpha value is -6.38. The molecule has 0 atom stereocenters. The summed E-state index contributed by atoms with van der Waals surface area (Å²) in [4.78, 5) is 15.0. The molecule has 0 amide bonds. The van der Waals surface area contributed by atoms with Crippen LogP contribution in [0.2, 0.25) is 0 Å². The fraction of sp³-hybridized carbons (Fsp3) is 0. The van der Waals surface area contributed by atoms with Gasteiger partial charge in [0, 0.05) is 33.0 Å². The van der Waals surface area contributed by atoms with E-state index in [0.29, 0.717) is 23.0 Å². The summed E-state index contributed by atoms with van der Waals surface area (Å²) in [5.41, 5.74) is 7.98. The molecule has 0 unspecified atom stereocenters. The molecule has 0 aliphatic heterocycles. The van der Waals surface area contributed by atoms with Crippen LogP contribution in [-0.4, -0.2) is 19.5 Å². The van der Waals surface area contributed by atoms with Crippen LogP contribution in [0.5, 0.6) is 0 Å². The molecule has 0 radical (unpaired) electrons. The average molecular weight is 576 g/mol. The van der Waals surface area contributed by atoms with E-state index in [1.165, 1.54) is 0 Å². The van der Waals surface area contributed by atoms with Gasteiger partial charge in [0.1, 0.15) is 0 Å². The number of nitrogens with zero attached hydrogens (tertiary/aromatic N) is 5. The van der Waals surface area contributed by atoms with E-state index >= 15 is 0 Å². The summed E-state index contributed by atoms with van der Waals surface area (Å²) in [6, 6.07) is 53.2. The van der Waals surface area contributed by atoms with Crippen molar-refractivity contribution in [2.24, 2.45) is 0 Å². The molecule has 5 heteroatoms. The molecule has 6 aromatic carbocycles. The first-order valence-corrected chi connectivity index (χ1v) is 14.8. The van der Waals surface area contributed by atoms with Crippen LogP contribution in [0, 0.1) is 11.3 Å². The van der Waals surface area contributed by atoms with Gasteiger partial charge in [0.2, 0.25) is 0 Å². The maximum atomic E-state index is 10.4. The fourth-order valence-corrected chi connectivity index (χ4v) is 6.06. The van der Waals surface area contributed by atoms with Crippen molar-refractivity contribution in [3.8, 4) is 57.0 Å². The SMILES string of the molecule is N#Cc1cc(-c2nc(-c3ccccc3)nc(-c3ccccc3)n2)c(-c2ccccc2)c(-n2c3ccccc3c3ccccc32)c1. The standard InChI is InChI=1S/C40H25N5/c41-26-27-24-33(40-43-38(29-16-6-2-7-17-29)42-39(44-40)30-18-8-3-9-19-30)37(28-14-4-1-5-15-28)36(25-27)45-34-22-12-10-20-31(34)32-21-11-13-23-35(32)45/h1-25H. The summed E-state index contributed by atoms with van der Waals surface area (Å²) in [7, 11) is 0. The smallest absolute Gasteiger partial charge is 0.164 e. The van der Waals surface area contributed by atoms with E-state index in [0.717, 1.165) is 55.3 Å². The van der Waals surface area contributed by atoms with Crippen molar-refractivity contribution in [1.82, 2.24) is 19.5 Å². The second-order valence-electron chi connectivity index (χ2n) is 10.8. The Labute approximate surface area is 260 Å². The molecular formula is C40H25N5. The zero-order chi connectivity index (χ0) is 30.2. The largest absolute Gasteiger partial charge is 0.309 e. The molecule has 0 saturated carbocycles. The first kappa shape index (κ1) is 26.3. The lowest BCUT2D eigenvalue weighted by Gasteiger charge is -2.19. The van der Waals surface area contributed by atoms with Gasteiger partial charge in [-0.25, -0.2) is 15.0 Å². The topological polar surface area (TPSA) is 67.4 Å². The van der Waals surface area contributed by atoms with Crippen LogP contribution in [0.1, 0.15) is 5.56 Å². The minimum Gasteiger partial charge on any atom is -0.309 e. The monoisotopic (exact) mass is 575 g/mol. The van der Waals surface area contributed by atoms with Crippen LogP contribution in [0.15, 0.2) is 152 Å². The molecule has 0 aliphatic rings. The Morgan fingerprint density at radius 1 is 0.467 bits per heavy atom. The second kappa shape index (κ2) is 11.0. The van der Waals surface area contributed by atoms with Crippen LogP contribution >= 0.6 is 0 Å². The molecule has 0 spiro atoms. The molecule has 0 aliphatic carbocycles. The average Bonchev–Trinajstić information content (AvgIpc) is 3.46. The number of hydrogen-bond acceptors (Lipinski definition) is 4. The number of aromatic nitrogens is 4. The van der Waals surface area contributed by atoms with E-state index in [1.807, 2.05) is 91.0 Å². The molecular weight excluding hydrogens is 550 g/mol. The molecule has 0 fully saturated rings. The number of fused-ring (bicyclic) bond motifs is 3. The number of benzene rings is 6. The minimum atomic E-state index is 0.501.